The van der Waals surface area contributed by atoms with Crippen molar-refractivity contribution < 1.29 is 0 Å². The van der Waals surface area contributed by atoms with E-state index in [-0.39, 0.29) is 0 Å². The van der Waals surface area contributed by atoms with Crippen LogP contribution in [0.2, 0.25) is 0 Å². The molecule has 0 N–H and O–H groups in total. The van der Waals surface area contributed by atoms with Gasteiger partial charge in [0.25, 0.3) is 0 Å². The van der Waals surface area contributed by atoms with Gasteiger partial charge < -0.3 is 0 Å². The molecule has 16 heavy (non-hydrogen) atoms. The van der Waals surface area contributed by atoms with E-state index in [1.54, 1.807) is 12.3 Å². The Labute approximate surface area is 107 Å². The maximum Gasteiger partial charge on any atom is -0.0291 e. The van der Waals surface area contributed by atoms with Crippen molar-refractivity contribution in [1.29, 1.82) is 0 Å². The van der Waals surface area contributed by atoms with Gasteiger partial charge in [-0.15, -0.1) is 17.2 Å². The normalized spacial score (nSPS) is 11.2. The van der Waals surface area contributed by atoms with Crippen molar-refractivity contribution in [3.05, 3.63) is 0 Å². The van der Waals surface area contributed by atoms with Crippen molar-refractivity contribution in [2.45, 2.75) is 65.2 Å². The van der Waals surface area contributed by atoms with Gasteiger partial charge in [0.2, 0.25) is 0 Å². The standard InChI is InChI=1S/C14H32P2/c1-3-5-7-9-12-16(14-11-15)13-10-8-6-4-2/h3-15H2,1-2H3. The Morgan fingerprint density at radius 2 is 1.19 bits per heavy atom. The van der Waals surface area contributed by atoms with Crippen molar-refractivity contribution in [3.8, 4) is 0 Å². The summed E-state index contributed by atoms with van der Waals surface area (Å²) in [5.74, 6) is 0. The van der Waals surface area contributed by atoms with Gasteiger partial charge in [0.15, 0.2) is 0 Å². The Morgan fingerprint density at radius 3 is 1.56 bits per heavy atom. The lowest BCUT2D eigenvalue weighted by atomic mass is 10.2. The molecule has 0 rings (SSSR count). The molecule has 0 aliphatic rings. The molecule has 0 saturated heterocycles. The lowest BCUT2D eigenvalue weighted by Crippen LogP contribution is -1.97. The van der Waals surface area contributed by atoms with Crippen molar-refractivity contribution >= 4 is 17.2 Å². The SMILES string of the molecule is CCCCCCP(CCP)CCCCCC. The molecule has 98 valence electrons. The molecule has 0 aromatic carbocycles. The minimum atomic E-state index is 0.385. The van der Waals surface area contributed by atoms with Crippen LogP contribution in [0.1, 0.15) is 65.2 Å². The summed E-state index contributed by atoms with van der Waals surface area (Å²) in [6.07, 6.45) is 17.5. The highest BCUT2D eigenvalue weighted by Gasteiger charge is 2.05. The van der Waals surface area contributed by atoms with E-state index in [4.69, 9.17) is 0 Å². The lowest BCUT2D eigenvalue weighted by Gasteiger charge is -2.16. The van der Waals surface area contributed by atoms with Crippen LogP contribution in [0, 0.1) is 0 Å². The smallest absolute Gasteiger partial charge is 0.0291 e. The van der Waals surface area contributed by atoms with E-state index in [0.29, 0.717) is 7.92 Å². The minimum absolute atomic E-state index is 0.385. The van der Waals surface area contributed by atoms with Crippen LogP contribution in [-0.4, -0.2) is 24.6 Å². The zero-order valence-electron chi connectivity index (χ0n) is 11.5. The first-order valence-corrected chi connectivity index (χ1v) is 9.99. The molecule has 0 fully saturated rings. The molecule has 0 heterocycles. The van der Waals surface area contributed by atoms with E-state index in [9.17, 15) is 0 Å². The predicted molar refractivity (Wildman–Crippen MR) is 84.4 cm³/mol. The van der Waals surface area contributed by atoms with Crippen LogP contribution >= 0.6 is 17.2 Å². The highest BCUT2D eigenvalue weighted by Crippen LogP contribution is 2.38. The number of unbranched alkanes of at least 4 members (excludes halogenated alkanes) is 6. The molecule has 0 radical (unpaired) electrons. The summed E-state index contributed by atoms with van der Waals surface area (Å²) in [5.41, 5.74) is 0. The maximum absolute atomic E-state index is 2.91. The van der Waals surface area contributed by atoms with Crippen molar-refractivity contribution in [3.63, 3.8) is 0 Å². The van der Waals surface area contributed by atoms with E-state index < -0.39 is 0 Å². The van der Waals surface area contributed by atoms with Crippen LogP contribution in [0.3, 0.4) is 0 Å². The molecule has 0 aromatic rings. The second-order valence-electron chi connectivity index (χ2n) is 4.75. The topological polar surface area (TPSA) is 0 Å². The summed E-state index contributed by atoms with van der Waals surface area (Å²) in [4.78, 5) is 0. The first-order valence-electron chi connectivity index (χ1n) is 7.27. The first-order chi connectivity index (χ1) is 7.85. The fourth-order valence-electron chi connectivity index (χ4n) is 2.04. The minimum Gasteiger partial charge on any atom is -0.137 e. The van der Waals surface area contributed by atoms with Gasteiger partial charge in [-0.1, -0.05) is 52.4 Å². The van der Waals surface area contributed by atoms with E-state index in [0.717, 1.165) is 0 Å². The van der Waals surface area contributed by atoms with Gasteiger partial charge in [-0.05, 0) is 37.5 Å². The molecule has 0 saturated carbocycles. The van der Waals surface area contributed by atoms with Gasteiger partial charge in [0.1, 0.15) is 0 Å². The predicted octanol–water partition coefficient (Wildman–Crippen LogP) is 5.50. The zero-order chi connectivity index (χ0) is 12.1. The molecule has 0 aliphatic carbocycles. The van der Waals surface area contributed by atoms with Crippen LogP contribution in [0.5, 0.6) is 0 Å². The Bertz CT molecular complexity index is 114. The Morgan fingerprint density at radius 1 is 0.688 bits per heavy atom. The molecule has 1 atom stereocenters. The molecule has 0 aromatic heterocycles. The van der Waals surface area contributed by atoms with Crippen molar-refractivity contribution in [2.75, 3.05) is 24.6 Å². The zero-order valence-corrected chi connectivity index (χ0v) is 13.6. The molecular weight excluding hydrogens is 230 g/mol. The molecular formula is C14H32P2. The van der Waals surface area contributed by atoms with Gasteiger partial charge >= 0.3 is 0 Å². The average Bonchev–Trinajstić information content (AvgIpc) is 2.30. The van der Waals surface area contributed by atoms with Gasteiger partial charge in [0.05, 0.1) is 0 Å². The van der Waals surface area contributed by atoms with E-state index in [1.807, 2.05) is 0 Å². The molecule has 0 nitrogen and oxygen atoms in total. The van der Waals surface area contributed by atoms with Gasteiger partial charge in [0, 0.05) is 0 Å². The third-order valence-electron chi connectivity index (χ3n) is 3.10. The van der Waals surface area contributed by atoms with E-state index in [1.165, 1.54) is 63.7 Å². The first kappa shape index (κ1) is 16.9. The molecule has 0 spiro atoms. The molecule has 0 bridgehead atoms. The average molecular weight is 262 g/mol. The molecule has 0 amide bonds. The van der Waals surface area contributed by atoms with Crippen LogP contribution in [0.25, 0.3) is 0 Å². The van der Waals surface area contributed by atoms with Crippen LogP contribution < -0.4 is 0 Å². The van der Waals surface area contributed by atoms with Crippen molar-refractivity contribution in [2.24, 2.45) is 0 Å². The van der Waals surface area contributed by atoms with Gasteiger partial charge in [-0.3, -0.25) is 0 Å². The van der Waals surface area contributed by atoms with E-state index >= 15 is 0 Å². The number of hydrogen-bond donors (Lipinski definition) is 0. The molecule has 1 unspecified atom stereocenters. The van der Waals surface area contributed by atoms with Crippen LogP contribution in [0.4, 0.5) is 0 Å². The summed E-state index contributed by atoms with van der Waals surface area (Å²) in [7, 11) is 3.30. The fraction of sp³-hybridized carbons (Fsp3) is 1.00. The quantitative estimate of drug-likeness (QED) is 0.321. The highest BCUT2D eigenvalue weighted by atomic mass is 31.1. The number of hydrogen-bond acceptors (Lipinski definition) is 0. The molecule has 0 aliphatic heterocycles. The summed E-state index contributed by atoms with van der Waals surface area (Å²) in [6.45, 7) is 4.60. The number of rotatable bonds is 12. The van der Waals surface area contributed by atoms with Crippen LogP contribution in [-0.2, 0) is 0 Å². The Kier molecular flexibility index (Phi) is 14.7. The maximum atomic E-state index is 2.91. The summed E-state index contributed by atoms with van der Waals surface area (Å²) >= 11 is 0. The van der Waals surface area contributed by atoms with Crippen molar-refractivity contribution in [1.82, 2.24) is 0 Å². The van der Waals surface area contributed by atoms with Gasteiger partial charge in [-0.25, -0.2) is 0 Å². The third-order valence-corrected chi connectivity index (χ3v) is 6.66. The second kappa shape index (κ2) is 13.9. The van der Waals surface area contributed by atoms with E-state index in [2.05, 4.69) is 23.1 Å². The lowest BCUT2D eigenvalue weighted by molar-refractivity contribution is 0.696. The monoisotopic (exact) mass is 262 g/mol. The summed E-state index contributed by atoms with van der Waals surface area (Å²) in [6, 6.07) is 0. The summed E-state index contributed by atoms with van der Waals surface area (Å²) in [5, 5.41) is 0. The fourth-order valence-corrected chi connectivity index (χ4v) is 5.52. The Balaban J connectivity index is 3.45. The third kappa shape index (κ3) is 11.3. The van der Waals surface area contributed by atoms with Gasteiger partial charge in [-0.2, -0.15) is 0 Å². The second-order valence-corrected chi connectivity index (χ2v) is 8.01. The highest BCUT2D eigenvalue weighted by molar-refractivity contribution is 7.58. The van der Waals surface area contributed by atoms with Crippen LogP contribution in [0.15, 0.2) is 0 Å². The summed E-state index contributed by atoms with van der Waals surface area (Å²) < 4.78 is 0. The Hall–Kier alpha value is 0.860. The molecule has 2 heteroatoms. The largest absolute Gasteiger partial charge is 0.137 e.